The summed E-state index contributed by atoms with van der Waals surface area (Å²) in [7, 11) is 0. The first-order valence-electron chi connectivity index (χ1n) is 2.21. The van der Waals surface area contributed by atoms with Crippen LogP contribution in [0.3, 0.4) is 0 Å². The monoisotopic (exact) mass is 176 g/mol. The Balaban J connectivity index is 0. The van der Waals surface area contributed by atoms with Crippen molar-refractivity contribution in [3.8, 4) is 0 Å². The number of carboxylic acid groups (broad SMARTS) is 1. The summed E-state index contributed by atoms with van der Waals surface area (Å²) in [5.74, 6) is -0.551. The first-order chi connectivity index (χ1) is 3.68. The minimum absolute atomic E-state index is 0. The maximum absolute atomic E-state index is 9.82. The first-order valence-corrected chi connectivity index (χ1v) is 3.25. The summed E-state index contributed by atoms with van der Waals surface area (Å²) >= 11 is 0.995. The summed E-state index contributed by atoms with van der Waals surface area (Å²) in [6, 6.07) is 0. The van der Waals surface area contributed by atoms with Crippen LogP contribution in [-0.4, -0.2) is 78.8 Å². The van der Waals surface area contributed by atoms with E-state index >= 15 is 0 Å². The number of carboxylic acids is 1. The number of thioether (sulfide) groups is 1. The van der Waals surface area contributed by atoms with Gasteiger partial charge in [-0.05, 0) is 5.75 Å². The molecule has 0 aliphatic carbocycles. The Morgan fingerprint density at radius 1 is 1.78 bits per heavy atom. The second kappa shape index (κ2) is 7.52. The van der Waals surface area contributed by atoms with E-state index in [1.807, 2.05) is 0 Å². The summed E-state index contributed by atoms with van der Waals surface area (Å²) < 4.78 is 0. The Labute approximate surface area is 101 Å². The van der Waals surface area contributed by atoms with Gasteiger partial charge in [0.25, 0.3) is 0 Å². The molecule has 0 aliphatic heterocycles. The van der Waals surface area contributed by atoms with E-state index < -0.39 is 11.4 Å². The fraction of sp³-hybridized carbons (Fsp3) is 0.750. The molecule has 1 unspecified atom stereocenters. The van der Waals surface area contributed by atoms with E-state index in [0.29, 0.717) is 5.75 Å². The van der Waals surface area contributed by atoms with E-state index in [2.05, 4.69) is 0 Å². The van der Waals surface area contributed by atoms with E-state index in [1.165, 1.54) is 0 Å². The van der Waals surface area contributed by atoms with Gasteiger partial charge in [0.05, 0.1) is 0 Å². The Kier molecular flexibility index (Phi) is 10.9. The normalized spacial score (nSPS) is 11.8. The molecule has 0 aromatic heterocycles. The van der Waals surface area contributed by atoms with E-state index in [4.69, 9.17) is 10.2 Å². The van der Waals surface area contributed by atoms with Crippen molar-refractivity contribution in [2.75, 3.05) is 5.75 Å². The Bertz CT molecular complexity index is 87.9. The topological polar surface area (TPSA) is 57.5 Å². The molecule has 0 bridgehead atoms. The quantitative estimate of drug-likeness (QED) is 0.449. The van der Waals surface area contributed by atoms with Crippen LogP contribution in [0.5, 0.6) is 0 Å². The van der Waals surface area contributed by atoms with Gasteiger partial charge in [-0.2, -0.15) is 0 Å². The summed E-state index contributed by atoms with van der Waals surface area (Å²) in [6.07, 6.45) is 0. The Hall–Kier alpha value is 1.42. The molecule has 5 heteroatoms. The Morgan fingerprint density at radius 3 is 2.33 bits per heavy atom. The fourth-order valence-corrected chi connectivity index (χ4v) is 0.687. The molecule has 1 atom stereocenters. The molecule has 0 aromatic carbocycles. The van der Waals surface area contributed by atoms with Gasteiger partial charge in [-0.15, -0.1) is 11.8 Å². The number of aliphatic hydroxyl groups excluding tert-OH is 1. The van der Waals surface area contributed by atoms with Gasteiger partial charge in [0.2, 0.25) is 0 Å². The second-order valence-corrected chi connectivity index (χ2v) is 2.50. The molecule has 2 N–H and O–H groups in total. The molecule has 0 radical (unpaired) electrons. The van der Waals surface area contributed by atoms with Crippen molar-refractivity contribution >= 4 is 69.1 Å². The van der Waals surface area contributed by atoms with E-state index in [1.54, 1.807) is 6.92 Å². The predicted molar refractivity (Wildman–Crippen MR) is 38.9 cm³/mol. The third-order valence-electron chi connectivity index (χ3n) is 0.536. The van der Waals surface area contributed by atoms with Gasteiger partial charge >= 0.3 is 57.4 Å². The van der Waals surface area contributed by atoms with Crippen molar-refractivity contribution in [2.24, 2.45) is 0 Å². The van der Waals surface area contributed by atoms with Crippen LogP contribution in [0.15, 0.2) is 0 Å². The fourth-order valence-electron chi connectivity index (χ4n) is 0.229. The zero-order valence-corrected chi connectivity index (χ0v) is 5.31. The van der Waals surface area contributed by atoms with Gasteiger partial charge in [0.15, 0.2) is 5.44 Å². The molecule has 50 valence electrons. The van der Waals surface area contributed by atoms with Crippen molar-refractivity contribution in [1.29, 1.82) is 0 Å². The molecule has 0 aromatic rings. The number of hydrogen-bond donors (Lipinski definition) is 2. The first kappa shape index (κ1) is 13.0. The molecule has 0 saturated heterocycles. The third-order valence-corrected chi connectivity index (χ3v) is 1.39. The SMILES string of the molecule is CCSC(O)C(=O)O.[KH]. The van der Waals surface area contributed by atoms with E-state index in [-0.39, 0.29) is 51.4 Å². The molecule has 0 heterocycles. The standard InChI is InChI=1S/C4H8O3S.K.H/c1-2-8-4(7)3(5)6;;/h4,7H,2H2,1H3,(H,5,6);;. The summed E-state index contributed by atoms with van der Waals surface area (Å²) in [5.41, 5.74) is -1.25. The predicted octanol–water partition coefficient (Wildman–Crippen LogP) is -0.506. The maximum atomic E-state index is 9.82. The van der Waals surface area contributed by atoms with Crippen molar-refractivity contribution in [1.82, 2.24) is 0 Å². The Morgan fingerprint density at radius 2 is 2.22 bits per heavy atom. The van der Waals surface area contributed by atoms with Crippen LogP contribution in [0.25, 0.3) is 0 Å². The molecule has 0 aliphatic rings. The second-order valence-electron chi connectivity index (χ2n) is 1.15. The molecular formula is C4H9KO3S. The van der Waals surface area contributed by atoms with Gasteiger partial charge in [-0.1, -0.05) is 6.92 Å². The summed E-state index contributed by atoms with van der Waals surface area (Å²) in [5, 5.41) is 16.5. The number of rotatable bonds is 3. The van der Waals surface area contributed by atoms with Crippen molar-refractivity contribution in [2.45, 2.75) is 12.4 Å². The molecule has 0 saturated carbocycles. The molecule has 9 heavy (non-hydrogen) atoms. The zero-order chi connectivity index (χ0) is 6.57. The van der Waals surface area contributed by atoms with Crippen molar-refractivity contribution in [3.63, 3.8) is 0 Å². The van der Waals surface area contributed by atoms with Gasteiger partial charge in [-0.25, -0.2) is 4.79 Å². The molecule has 0 rings (SSSR count). The average molecular weight is 176 g/mol. The molecule has 0 spiro atoms. The number of carbonyl (C=O) groups is 1. The van der Waals surface area contributed by atoms with Gasteiger partial charge in [-0.3, -0.25) is 0 Å². The van der Waals surface area contributed by atoms with Crippen molar-refractivity contribution < 1.29 is 15.0 Å². The number of aliphatic carboxylic acids is 1. The molecule has 0 amide bonds. The number of hydrogen-bond acceptors (Lipinski definition) is 3. The zero-order valence-electron chi connectivity index (χ0n) is 4.50. The van der Waals surface area contributed by atoms with Crippen LogP contribution >= 0.6 is 11.8 Å². The van der Waals surface area contributed by atoms with Gasteiger partial charge < -0.3 is 10.2 Å². The van der Waals surface area contributed by atoms with Crippen LogP contribution in [0.2, 0.25) is 0 Å². The van der Waals surface area contributed by atoms with Crippen LogP contribution in [0, 0.1) is 0 Å². The van der Waals surface area contributed by atoms with E-state index in [0.717, 1.165) is 11.8 Å². The molecular weight excluding hydrogens is 167 g/mol. The summed E-state index contributed by atoms with van der Waals surface area (Å²) in [4.78, 5) is 9.82. The average Bonchev–Trinajstić information content (AvgIpc) is 1.67. The van der Waals surface area contributed by atoms with E-state index in [9.17, 15) is 4.79 Å². The molecule has 3 nitrogen and oxygen atoms in total. The molecule has 0 fully saturated rings. The van der Waals surface area contributed by atoms with Crippen molar-refractivity contribution in [3.05, 3.63) is 0 Å². The number of aliphatic hydroxyl groups is 1. The van der Waals surface area contributed by atoms with Gasteiger partial charge in [0, 0.05) is 0 Å². The van der Waals surface area contributed by atoms with Crippen LogP contribution in [0.4, 0.5) is 0 Å². The summed E-state index contributed by atoms with van der Waals surface area (Å²) in [6.45, 7) is 1.79. The third kappa shape index (κ3) is 7.31. The minimum atomic E-state index is -1.25. The van der Waals surface area contributed by atoms with Gasteiger partial charge in [0.1, 0.15) is 0 Å². The van der Waals surface area contributed by atoms with Crippen LogP contribution in [-0.2, 0) is 4.79 Å². The van der Waals surface area contributed by atoms with Crippen LogP contribution in [0.1, 0.15) is 6.92 Å². The van der Waals surface area contributed by atoms with Crippen LogP contribution < -0.4 is 0 Å².